The highest BCUT2D eigenvalue weighted by Gasteiger charge is 2.53. The maximum Gasteiger partial charge on any atom is 0.220 e. The molecule has 0 bridgehead atoms. The minimum Gasteiger partial charge on any atom is -0.394 e. The molecule has 0 aromatic rings. The van der Waals surface area contributed by atoms with Crippen LogP contribution in [-0.4, -0.2) is 193 Å². The lowest BCUT2D eigenvalue weighted by molar-refractivity contribution is -0.379. The highest BCUT2D eigenvalue weighted by atomic mass is 16.8. The van der Waals surface area contributed by atoms with E-state index in [9.17, 15) is 61.0 Å². The number of allylic oxidation sites excluding steroid dienone is 17. The summed E-state index contributed by atoms with van der Waals surface area (Å²) in [6, 6.07) is -1.01. The fourth-order valence-corrected chi connectivity index (χ4v) is 11.6. The molecule has 3 heterocycles. The molecule has 0 radical (unpaired) electrons. The van der Waals surface area contributed by atoms with Gasteiger partial charge in [0.1, 0.15) is 73.2 Å². The molecule has 19 nitrogen and oxygen atoms in total. The van der Waals surface area contributed by atoms with Crippen LogP contribution in [-0.2, 0) is 33.2 Å². The normalized spacial score (nSPS) is 27.9. The zero-order chi connectivity index (χ0) is 68.9. The highest BCUT2D eigenvalue weighted by molar-refractivity contribution is 5.76. The van der Waals surface area contributed by atoms with Crippen molar-refractivity contribution in [3.05, 3.63) is 109 Å². The fraction of sp³-hybridized carbons (Fsp3) is 0.750. The molecule has 3 aliphatic rings. The molecule has 0 spiro atoms. The third kappa shape index (κ3) is 37.5. The monoisotopic (exact) mass is 1340 g/mol. The van der Waals surface area contributed by atoms with Gasteiger partial charge in [-0.3, -0.25) is 4.79 Å². The molecule has 3 fully saturated rings. The van der Waals surface area contributed by atoms with Gasteiger partial charge in [-0.05, 0) is 96.3 Å². The molecule has 0 aromatic heterocycles. The molecule has 19 heteroatoms. The molecular formula is C76H129NO18. The number of aliphatic hydroxyl groups excluding tert-OH is 11. The van der Waals surface area contributed by atoms with Crippen molar-refractivity contribution < 1.29 is 89.4 Å². The number of hydrogen-bond donors (Lipinski definition) is 12. The van der Waals surface area contributed by atoms with Crippen LogP contribution in [0.25, 0.3) is 0 Å². The minimum atomic E-state index is -1.99. The van der Waals surface area contributed by atoms with Gasteiger partial charge in [-0.15, -0.1) is 0 Å². The van der Waals surface area contributed by atoms with Crippen molar-refractivity contribution in [2.75, 3.05) is 26.4 Å². The Kier molecular flexibility index (Phi) is 50.7. The number of nitrogens with one attached hydrogen (secondary N) is 1. The number of amides is 1. The molecule has 1 amide bonds. The van der Waals surface area contributed by atoms with Gasteiger partial charge in [0, 0.05) is 6.42 Å². The van der Waals surface area contributed by atoms with Crippen LogP contribution in [0.5, 0.6) is 0 Å². The summed E-state index contributed by atoms with van der Waals surface area (Å²) in [4.78, 5) is 13.4. The quantitative estimate of drug-likeness (QED) is 0.0199. The van der Waals surface area contributed by atoms with E-state index >= 15 is 0 Å². The number of carbonyl (C=O) groups is 1. The Morgan fingerprint density at radius 3 is 1.18 bits per heavy atom. The molecule has 3 saturated heterocycles. The molecule has 0 saturated carbocycles. The van der Waals surface area contributed by atoms with Gasteiger partial charge in [0.2, 0.25) is 5.91 Å². The molecule has 0 aliphatic carbocycles. The van der Waals surface area contributed by atoms with Crippen LogP contribution >= 0.6 is 0 Å². The molecule has 546 valence electrons. The van der Waals surface area contributed by atoms with E-state index in [4.69, 9.17) is 28.4 Å². The Balaban J connectivity index is 1.43. The van der Waals surface area contributed by atoms with E-state index in [0.717, 1.165) is 96.3 Å². The molecule has 12 N–H and O–H groups in total. The van der Waals surface area contributed by atoms with E-state index in [-0.39, 0.29) is 18.9 Å². The van der Waals surface area contributed by atoms with Crippen molar-refractivity contribution in [1.29, 1.82) is 0 Å². The van der Waals surface area contributed by atoms with Crippen LogP contribution in [0, 0.1) is 0 Å². The number of aliphatic hydroxyl groups is 11. The Bertz CT molecular complexity index is 2140. The van der Waals surface area contributed by atoms with Gasteiger partial charge in [0.25, 0.3) is 0 Å². The van der Waals surface area contributed by atoms with E-state index in [2.05, 4.69) is 116 Å². The second-order valence-corrected chi connectivity index (χ2v) is 25.6. The lowest BCUT2D eigenvalue weighted by atomic mass is 9.96. The average molecular weight is 1340 g/mol. The summed E-state index contributed by atoms with van der Waals surface area (Å²) in [5, 5.41) is 121. The van der Waals surface area contributed by atoms with E-state index in [1.807, 2.05) is 6.08 Å². The summed E-state index contributed by atoms with van der Waals surface area (Å²) in [6.45, 7) is 1.59. The van der Waals surface area contributed by atoms with Crippen LogP contribution < -0.4 is 5.32 Å². The topological polar surface area (TPSA) is 307 Å². The van der Waals surface area contributed by atoms with Gasteiger partial charge in [-0.1, -0.05) is 239 Å². The first-order chi connectivity index (χ1) is 46.3. The number of hydrogen-bond acceptors (Lipinski definition) is 18. The number of ether oxygens (including phenoxy) is 6. The van der Waals surface area contributed by atoms with Crippen LogP contribution in [0.15, 0.2) is 109 Å². The summed E-state index contributed by atoms with van der Waals surface area (Å²) in [6.07, 6.45) is 49.1. The predicted molar refractivity (Wildman–Crippen MR) is 374 cm³/mol. The third-order valence-electron chi connectivity index (χ3n) is 17.5. The van der Waals surface area contributed by atoms with Gasteiger partial charge in [0.15, 0.2) is 18.9 Å². The van der Waals surface area contributed by atoms with Gasteiger partial charge in [0.05, 0.1) is 38.6 Å². The second kappa shape index (κ2) is 56.2. The fourth-order valence-electron chi connectivity index (χ4n) is 11.6. The molecule has 17 unspecified atom stereocenters. The van der Waals surface area contributed by atoms with Crippen molar-refractivity contribution in [3.63, 3.8) is 0 Å². The van der Waals surface area contributed by atoms with Gasteiger partial charge >= 0.3 is 0 Å². The van der Waals surface area contributed by atoms with E-state index in [1.54, 1.807) is 6.08 Å². The molecule has 0 aromatic carbocycles. The van der Waals surface area contributed by atoms with E-state index < -0.39 is 124 Å². The van der Waals surface area contributed by atoms with Crippen molar-refractivity contribution in [2.24, 2.45) is 0 Å². The van der Waals surface area contributed by atoms with Crippen LogP contribution in [0.2, 0.25) is 0 Å². The highest BCUT2D eigenvalue weighted by Crippen LogP contribution is 2.33. The summed E-state index contributed by atoms with van der Waals surface area (Å²) >= 11 is 0. The SMILES string of the molecule is CC/C=C\C/C=C\C/C=C\C/C=C\C/C=C\C/C=C\CCCCCCCCCCCCC(=O)NC(COC1OC(CO)C(OC2OC(CO)C(OC3OC(CO)C(O)C(O)C3O)C(O)C2O)C(O)C1O)C(O)/C=C/CC/C=C/CC/C=C/CCCCCCCCCCCCC. The summed E-state index contributed by atoms with van der Waals surface area (Å²) < 4.78 is 34.4. The Morgan fingerprint density at radius 1 is 0.389 bits per heavy atom. The van der Waals surface area contributed by atoms with Crippen molar-refractivity contribution in [1.82, 2.24) is 5.32 Å². The van der Waals surface area contributed by atoms with Gasteiger partial charge in [-0.2, -0.15) is 0 Å². The maximum absolute atomic E-state index is 13.4. The standard InChI is InChI=1S/C76H129NO18/c1-3-5-7-9-11-13-15-17-19-21-23-25-26-27-28-29-30-31-32-34-36-38-40-42-44-46-48-50-52-54-64(82)77-59(60(81)53-51-49-47-45-43-41-39-37-35-33-24-22-20-18-16-14-12-10-8-6-4-2)58-90-74-70(88)67(85)72(62(56-79)92-74)95-76-71(89)68(86)73(63(57-80)93-76)94-75-69(87)66(84)65(83)61(55-78)91-75/h5,7,11,13,17,19,23,25,27-28,30-31,35,37,43,45,51,53,59-63,65-76,78-81,83-89H,3-4,6,8-10,12,14-16,18,20-22,24,26,29,32-34,36,38-42,44,46-50,52,54-58H2,1-2H3,(H,77,82)/b7-5-,13-11-,19-17-,25-23-,28-27-,31-30-,37-35+,45-43+,53-51+. The molecule has 17 atom stereocenters. The van der Waals surface area contributed by atoms with E-state index in [1.165, 1.54) is 103 Å². The van der Waals surface area contributed by atoms with E-state index in [0.29, 0.717) is 12.8 Å². The molecule has 3 aliphatic heterocycles. The molecule has 3 rings (SSSR count). The summed E-state index contributed by atoms with van der Waals surface area (Å²) in [7, 11) is 0. The first kappa shape index (κ1) is 85.7. The van der Waals surface area contributed by atoms with Gasteiger partial charge in [-0.25, -0.2) is 0 Å². The number of unbranched alkanes of at least 4 members (excludes halogenated alkanes) is 23. The summed E-state index contributed by atoms with van der Waals surface area (Å²) in [5.74, 6) is -0.298. The van der Waals surface area contributed by atoms with Crippen molar-refractivity contribution >= 4 is 5.91 Å². The smallest absolute Gasteiger partial charge is 0.220 e. The Morgan fingerprint density at radius 2 is 0.737 bits per heavy atom. The Labute approximate surface area is 570 Å². The number of carbonyl (C=O) groups excluding carboxylic acids is 1. The van der Waals surface area contributed by atoms with Crippen molar-refractivity contribution in [3.8, 4) is 0 Å². The lowest BCUT2D eigenvalue weighted by Gasteiger charge is -2.48. The third-order valence-corrected chi connectivity index (χ3v) is 17.5. The second-order valence-electron chi connectivity index (χ2n) is 25.6. The summed E-state index contributed by atoms with van der Waals surface area (Å²) in [5.41, 5.74) is 0. The van der Waals surface area contributed by atoms with Crippen LogP contribution in [0.3, 0.4) is 0 Å². The van der Waals surface area contributed by atoms with Gasteiger partial charge < -0.3 is 89.9 Å². The maximum atomic E-state index is 13.4. The average Bonchev–Trinajstić information content (AvgIpc) is 0.786. The first-order valence-electron chi connectivity index (χ1n) is 36.6. The van der Waals surface area contributed by atoms with Crippen LogP contribution in [0.4, 0.5) is 0 Å². The molecular weight excluding hydrogens is 1210 g/mol. The first-order valence-corrected chi connectivity index (χ1v) is 36.6. The largest absolute Gasteiger partial charge is 0.394 e. The Hall–Kier alpha value is -3.55. The minimum absolute atomic E-state index is 0.220. The van der Waals surface area contributed by atoms with Crippen LogP contribution in [0.1, 0.15) is 232 Å². The number of rotatable bonds is 55. The lowest BCUT2D eigenvalue weighted by Crippen LogP contribution is -2.66. The van der Waals surface area contributed by atoms with Crippen molar-refractivity contribution in [2.45, 2.75) is 336 Å². The zero-order valence-corrected chi connectivity index (χ0v) is 57.9. The zero-order valence-electron chi connectivity index (χ0n) is 57.9. The molecule has 95 heavy (non-hydrogen) atoms. The predicted octanol–water partition coefficient (Wildman–Crippen LogP) is 10.6.